The van der Waals surface area contributed by atoms with Gasteiger partial charge in [-0.15, -0.1) is 0 Å². The fourth-order valence-electron chi connectivity index (χ4n) is 5.32. The van der Waals surface area contributed by atoms with Gasteiger partial charge >= 0.3 is 11.9 Å². The molecule has 0 saturated carbocycles. The van der Waals surface area contributed by atoms with Crippen molar-refractivity contribution in [3.63, 3.8) is 0 Å². The van der Waals surface area contributed by atoms with Crippen molar-refractivity contribution < 1.29 is 24.2 Å². The van der Waals surface area contributed by atoms with Crippen LogP contribution in [0.1, 0.15) is 187 Å². The van der Waals surface area contributed by atoms with E-state index in [1.807, 2.05) is 0 Å². The number of carbonyl (C=O) groups excluding carboxylic acids is 2. The standard InChI is InChI=1S/C38H69NO5/c1-3-5-7-9-11-13-15-17-19-22-26-30-35(31-27-23-21-24-28-32-36(40)39-34-37(41)42)44-38(43)33-29-25-20-18-16-14-12-10-8-6-4-2/h10,12,17,19,35H,3-9,11,13-16,18,20-34H2,1-2H3,(H,39,40)(H,41,42)/b12-10-,19-17-. The first kappa shape index (κ1) is 41.9. The summed E-state index contributed by atoms with van der Waals surface area (Å²) >= 11 is 0. The van der Waals surface area contributed by atoms with Gasteiger partial charge in [0, 0.05) is 12.8 Å². The van der Waals surface area contributed by atoms with Crippen LogP contribution >= 0.6 is 0 Å². The number of allylic oxidation sites excluding steroid dienone is 4. The molecule has 0 aromatic carbocycles. The predicted molar refractivity (Wildman–Crippen MR) is 185 cm³/mol. The van der Waals surface area contributed by atoms with Gasteiger partial charge in [0.05, 0.1) is 0 Å². The smallest absolute Gasteiger partial charge is 0.322 e. The fraction of sp³-hybridized carbons (Fsp3) is 0.816. The Balaban J connectivity index is 4.24. The van der Waals surface area contributed by atoms with Crippen molar-refractivity contribution in [2.45, 2.75) is 193 Å². The van der Waals surface area contributed by atoms with Crippen LogP contribution in [-0.4, -0.2) is 35.6 Å². The van der Waals surface area contributed by atoms with Gasteiger partial charge in [0.2, 0.25) is 5.91 Å². The zero-order chi connectivity index (χ0) is 32.4. The highest BCUT2D eigenvalue weighted by atomic mass is 16.5. The molecule has 1 unspecified atom stereocenters. The van der Waals surface area contributed by atoms with E-state index in [0.29, 0.717) is 12.8 Å². The quantitative estimate of drug-likeness (QED) is 0.0433. The molecule has 0 saturated heterocycles. The first-order chi connectivity index (χ1) is 21.5. The summed E-state index contributed by atoms with van der Waals surface area (Å²) in [7, 11) is 0. The summed E-state index contributed by atoms with van der Waals surface area (Å²) in [5.74, 6) is -1.26. The van der Waals surface area contributed by atoms with Crippen molar-refractivity contribution in [1.29, 1.82) is 0 Å². The second-order valence-electron chi connectivity index (χ2n) is 12.5. The fourth-order valence-corrected chi connectivity index (χ4v) is 5.32. The lowest BCUT2D eigenvalue weighted by Crippen LogP contribution is -2.28. The maximum Gasteiger partial charge on any atom is 0.322 e. The molecule has 0 aromatic heterocycles. The van der Waals surface area contributed by atoms with Crippen LogP contribution in [0.4, 0.5) is 0 Å². The van der Waals surface area contributed by atoms with Gasteiger partial charge in [-0.05, 0) is 77.0 Å². The molecule has 44 heavy (non-hydrogen) atoms. The van der Waals surface area contributed by atoms with Crippen LogP contribution in [-0.2, 0) is 19.1 Å². The van der Waals surface area contributed by atoms with Gasteiger partial charge in [0.25, 0.3) is 0 Å². The van der Waals surface area contributed by atoms with E-state index in [-0.39, 0.29) is 24.5 Å². The van der Waals surface area contributed by atoms with Crippen LogP contribution in [0.3, 0.4) is 0 Å². The van der Waals surface area contributed by atoms with Gasteiger partial charge in [0.1, 0.15) is 12.6 Å². The van der Waals surface area contributed by atoms with Gasteiger partial charge < -0.3 is 15.2 Å². The number of rotatable bonds is 33. The summed E-state index contributed by atoms with van der Waals surface area (Å²) in [5.41, 5.74) is 0. The lowest BCUT2D eigenvalue weighted by Gasteiger charge is -2.18. The molecule has 0 bridgehead atoms. The molecule has 0 rings (SSSR count). The Bertz CT molecular complexity index is 733. The third-order valence-corrected chi connectivity index (χ3v) is 8.10. The maximum absolute atomic E-state index is 12.6. The van der Waals surface area contributed by atoms with Gasteiger partial charge in [-0.3, -0.25) is 14.4 Å². The third kappa shape index (κ3) is 32.8. The number of hydrogen-bond donors (Lipinski definition) is 2. The van der Waals surface area contributed by atoms with Crippen LogP contribution in [0.5, 0.6) is 0 Å². The van der Waals surface area contributed by atoms with E-state index in [9.17, 15) is 14.4 Å². The number of aliphatic carboxylic acids is 1. The number of esters is 1. The Morgan fingerprint density at radius 1 is 0.568 bits per heavy atom. The topological polar surface area (TPSA) is 92.7 Å². The van der Waals surface area contributed by atoms with Gasteiger partial charge in [-0.2, -0.15) is 0 Å². The minimum absolute atomic E-state index is 0.00393. The SMILES string of the molecule is CCCC/C=C\CCCCCCCC(=O)OC(CCC/C=C\CCCCCCCC)CCCCCCCC(=O)NCC(=O)O. The highest BCUT2D eigenvalue weighted by molar-refractivity contribution is 5.80. The predicted octanol–water partition coefficient (Wildman–Crippen LogP) is 10.8. The zero-order valence-electron chi connectivity index (χ0n) is 28.8. The van der Waals surface area contributed by atoms with Crippen molar-refractivity contribution in [2.24, 2.45) is 0 Å². The Hall–Kier alpha value is -2.11. The highest BCUT2D eigenvalue weighted by Crippen LogP contribution is 2.18. The third-order valence-electron chi connectivity index (χ3n) is 8.10. The minimum atomic E-state index is -1.02. The molecule has 256 valence electrons. The number of carbonyl (C=O) groups is 3. The maximum atomic E-state index is 12.6. The molecule has 0 fully saturated rings. The van der Waals surface area contributed by atoms with Crippen molar-refractivity contribution >= 4 is 17.8 Å². The average Bonchev–Trinajstić information content (AvgIpc) is 3.00. The molecule has 6 nitrogen and oxygen atoms in total. The van der Waals surface area contributed by atoms with E-state index >= 15 is 0 Å². The van der Waals surface area contributed by atoms with Crippen molar-refractivity contribution in [3.05, 3.63) is 24.3 Å². The van der Waals surface area contributed by atoms with Gasteiger partial charge in [-0.1, -0.05) is 122 Å². The van der Waals surface area contributed by atoms with Crippen molar-refractivity contribution in [1.82, 2.24) is 5.32 Å². The zero-order valence-corrected chi connectivity index (χ0v) is 28.8. The Morgan fingerprint density at radius 2 is 1.02 bits per heavy atom. The number of nitrogens with one attached hydrogen (secondary N) is 1. The lowest BCUT2D eigenvalue weighted by atomic mass is 10.0. The molecule has 0 aliphatic rings. The largest absolute Gasteiger partial charge is 0.480 e. The molecule has 0 aliphatic heterocycles. The minimum Gasteiger partial charge on any atom is -0.480 e. The molecule has 0 aliphatic carbocycles. The van der Waals surface area contributed by atoms with Crippen molar-refractivity contribution in [3.8, 4) is 0 Å². The van der Waals surface area contributed by atoms with E-state index in [4.69, 9.17) is 9.84 Å². The summed E-state index contributed by atoms with van der Waals surface area (Å²) < 4.78 is 5.97. The number of hydrogen-bond acceptors (Lipinski definition) is 4. The van der Waals surface area contributed by atoms with Gasteiger partial charge in [-0.25, -0.2) is 0 Å². The molecule has 1 atom stereocenters. The number of carboxylic acids is 1. The summed E-state index contributed by atoms with van der Waals surface area (Å²) in [5, 5.41) is 11.0. The summed E-state index contributed by atoms with van der Waals surface area (Å²) in [6.45, 7) is 4.17. The van der Waals surface area contributed by atoms with Gasteiger partial charge in [0.15, 0.2) is 0 Å². The number of amides is 1. The first-order valence-corrected chi connectivity index (χ1v) is 18.5. The molecule has 0 radical (unpaired) electrons. The van der Waals surface area contributed by atoms with Crippen LogP contribution in [0.25, 0.3) is 0 Å². The van der Waals surface area contributed by atoms with Crippen LogP contribution in [0.15, 0.2) is 24.3 Å². The van der Waals surface area contributed by atoms with Crippen LogP contribution < -0.4 is 5.32 Å². The Morgan fingerprint density at radius 3 is 1.61 bits per heavy atom. The van der Waals surface area contributed by atoms with Crippen LogP contribution in [0, 0.1) is 0 Å². The van der Waals surface area contributed by atoms with Crippen LogP contribution in [0.2, 0.25) is 0 Å². The molecule has 0 spiro atoms. The van der Waals surface area contributed by atoms with E-state index in [0.717, 1.165) is 70.6 Å². The lowest BCUT2D eigenvalue weighted by molar-refractivity contribution is -0.150. The van der Waals surface area contributed by atoms with E-state index in [2.05, 4.69) is 43.5 Å². The number of ether oxygens (including phenoxy) is 1. The van der Waals surface area contributed by atoms with E-state index < -0.39 is 5.97 Å². The normalized spacial score (nSPS) is 12.2. The number of carboxylic acid groups (broad SMARTS) is 1. The molecular weight excluding hydrogens is 550 g/mol. The monoisotopic (exact) mass is 620 g/mol. The highest BCUT2D eigenvalue weighted by Gasteiger charge is 2.14. The van der Waals surface area contributed by atoms with E-state index in [1.165, 1.54) is 89.9 Å². The second-order valence-corrected chi connectivity index (χ2v) is 12.5. The summed E-state index contributed by atoms with van der Waals surface area (Å²) in [4.78, 5) is 34.8. The molecule has 2 N–H and O–H groups in total. The molecule has 6 heteroatoms. The Kier molecular flexibility index (Phi) is 32.2. The van der Waals surface area contributed by atoms with E-state index in [1.54, 1.807) is 0 Å². The number of unbranched alkanes of at least 4 members (excludes halogenated alkanes) is 18. The molecule has 1 amide bonds. The van der Waals surface area contributed by atoms with Crippen molar-refractivity contribution in [2.75, 3.05) is 6.54 Å². The average molecular weight is 620 g/mol. The summed E-state index contributed by atoms with van der Waals surface area (Å²) in [6.07, 6.45) is 38.6. The second kappa shape index (κ2) is 33.8. The molecule has 0 aromatic rings. The molecule has 0 heterocycles. The molecular formula is C38H69NO5. The summed E-state index contributed by atoms with van der Waals surface area (Å²) in [6, 6.07) is 0. The first-order valence-electron chi connectivity index (χ1n) is 18.5. The Labute approximate surface area is 271 Å².